The van der Waals surface area contributed by atoms with Gasteiger partial charge in [-0.1, -0.05) is 6.92 Å². The second-order valence-electron chi connectivity index (χ2n) is 3.83. The molecule has 2 heterocycles. The van der Waals surface area contributed by atoms with Crippen LogP contribution in [0.4, 0.5) is 0 Å². The topological polar surface area (TPSA) is 41.6 Å². The molecule has 2 saturated heterocycles. The number of carbonyl (C=O) groups is 1. The molecule has 74 valence electrons. The van der Waals surface area contributed by atoms with E-state index < -0.39 is 0 Å². The first-order chi connectivity index (χ1) is 6.29. The monoisotopic (exact) mass is 184 g/mol. The largest absolute Gasteiger partial charge is 0.316 e. The van der Waals surface area contributed by atoms with E-state index in [9.17, 15) is 4.79 Å². The number of hydroxylamine groups is 2. The summed E-state index contributed by atoms with van der Waals surface area (Å²) >= 11 is 0. The third-order valence-electron chi connectivity index (χ3n) is 2.91. The van der Waals surface area contributed by atoms with Gasteiger partial charge in [0.25, 0.3) is 0 Å². The normalized spacial score (nSPS) is 25.8. The minimum absolute atomic E-state index is 0.111. The average Bonchev–Trinajstić information content (AvgIpc) is 2.51. The van der Waals surface area contributed by atoms with Crippen LogP contribution in [0.5, 0.6) is 0 Å². The van der Waals surface area contributed by atoms with E-state index in [0.717, 1.165) is 26.1 Å². The zero-order valence-electron chi connectivity index (χ0n) is 7.95. The highest BCUT2D eigenvalue weighted by Crippen LogP contribution is 2.20. The van der Waals surface area contributed by atoms with E-state index in [0.29, 0.717) is 12.5 Å². The van der Waals surface area contributed by atoms with Crippen LogP contribution in [-0.2, 0) is 9.63 Å². The number of carbonyl (C=O) groups excluding carboxylic acids is 1. The van der Waals surface area contributed by atoms with Crippen LogP contribution in [0.2, 0.25) is 0 Å². The molecular formula is C9H16N2O2. The van der Waals surface area contributed by atoms with Gasteiger partial charge < -0.3 is 5.32 Å². The van der Waals surface area contributed by atoms with Crippen LogP contribution < -0.4 is 5.32 Å². The number of amides is 1. The van der Waals surface area contributed by atoms with Gasteiger partial charge in [-0.15, -0.1) is 0 Å². The Morgan fingerprint density at radius 3 is 2.85 bits per heavy atom. The summed E-state index contributed by atoms with van der Waals surface area (Å²) < 4.78 is 0. The third kappa shape index (κ3) is 1.69. The molecule has 0 radical (unpaired) electrons. The van der Waals surface area contributed by atoms with Crippen molar-refractivity contribution in [1.82, 2.24) is 10.4 Å². The summed E-state index contributed by atoms with van der Waals surface area (Å²) in [5.74, 6) is 0.778. The lowest BCUT2D eigenvalue weighted by atomic mass is 9.88. The Balaban J connectivity index is 1.87. The highest BCUT2D eigenvalue weighted by atomic mass is 16.7. The first-order valence-electron chi connectivity index (χ1n) is 4.94. The zero-order valence-corrected chi connectivity index (χ0v) is 7.95. The fourth-order valence-electron chi connectivity index (χ4n) is 1.71. The van der Waals surface area contributed by atoms with Gasteiger partial charge in [-0.2, -0.15) is 0 Å². The summed E-state index contributed by atoms with van der Waals surface area (Å²) in [5, 5.41) is 4.71. The summed E-state index contributed by atoms with van der Waals surface area (Å²) in [6.07, 6.45) is 0.974. The molecule has 1 N–H and O–H groups in total. The highest BCUT2D eigenvalue weighted by molar-refractivity contribution is 5.78. The molecule has 0 aromatic heterocycles. The van der Waals surface area contributed by atoms with Crippen LogP contribution in [-0.4, -0.2) is 37.2 Å². The van der Waals surface area contributed by atoms with Crippen molar-refractivity contribution in [3.63, 3.8) is 0 Å². The van der Waals surface area contributed by atoms with Crippen LogP contribution in [0, 0.1) is 11.8 Å². The number of hydrogen-bond acceptors (Lipinski definition) is 3. The SMILES string of the molecule is CC(C(=O)N1CCCO1)C1CNC1. The maximum absolute atomic E-state index is 11.8. The summed E-state index contributed by atoms with van der Waals surface area (Å²) in [4.78, 5) is 17.0. The summed E-state index contributed by atoms with van der Waals surface area (Å²) in [7, 11) is 0. The van der Waals surface area contributed by atoms with Gasteiger partial charge in [0.05, 0.1) is 13.2 Å². The van der Waals surface area contributed by atoms with Gasteiger partial charge >= 0.3 is 0 Å². The molecule has 0 aliphatic carbocycles. The molecule has 4 heteroatoms. The van der Waals surface area contributed by atoms with Crippen molar-refractivity contribution in [1.29, 1.82) is 0 Å². The molecule has 0 aromatic carbocycles. The van der Waals surface area contributed by atoms with Crippen molar-refractivity contribution in [3.05, 3.63) is 0 Å². The second-order valence-corrected chi connectivity index (χ2v) is 3.83. The molecule has 0 aromatic rings. The van der Waals surface area contributed by atoms with E-state index in [1.165, 1.54) is 5.06 Å². The van der Waals surface area contributed by atoms with Crippen LogP contribution in [0.3, 0.4) is 0 Å². The number of rotatable bonds is 2. The quantitative estimate of drug-likeness (QED) is 0.657. The number of hydrogen-bond donors (Lipinski definition) is 1. The molecule has 0 spiro atoms. The highest BCUT2D eigenvalue weighted by Gasteiger charge is 2.33. The predicted octanol–water partition coefficient (Wildman–Crippen LogP) is 0.00580. The zero-order chi connectivity index (χ0) is 9.26. The van der Waals surface area contributed by atoms with Crippen molar-refractivity contribution < 1.29 is 9.63 Å². The standard InChI is InChI=1S/C9H16N2O2/c1-7(8-5-10-6-8)9(12)11-3-2-4-13-11/h7-8,10H,2-6H2,1H3. The van der Waals surface area contributed by atoms with E-state index in [-0.39, 0.29) is 11.8 Å². The molecule has 2 rings (SSSR count). The Kier molecular flexibility index (Phi) is 2.51. The van der Waals surface area contributed by atoms with Crippen LogP contribution in [0.25, 0.3) is 0 Å². The molecule has 4 nitrogen and oxygen atoms in total. The fraction of sp³-hybridized carbons (Fsp3) is 0.889. The smallest absolute Gasteiger partial charge is 0.249 e. The lowest BCUT2D eigenvalue weighted by molar-refractivity contribution is -0.175. The van der Waals surface area contributed by atoms with E-state index >= 15 is 0 Å². The molecule has 1 unspecified atom stereocenters. The molecule has 2 fully saturated rings. The molecule has 0 bridgehead atoms. The maximum Gasteiger partial charge on any atom is 0.249 e. The lowest BCUT2D eigenvalue weighted by Crippen LogP contribution is -2.49. The Labute approximate surface area is 78.2 Å². The first kappa shape index (κ1) is 8.97. The van der Waals surface area contributed by atoms with Gasteiger partial charge in [0, 0.05) is 5.92 Å². The van der Waals surface area contributed by atoms with E-state index in [4.69, 9.17) is 4.84 Å². The summed E-state index contributed by atoms with van der Waals surface area (Å²) in [5.41, 5.74) is 0. The molecule has 13 heavy (non-hydrogen) atoms. The molecule has 1 atom stereocenters. The van der Waals surface area contributed by atoms with Crippen LogP contribution >= 0.6 is 0 Å². The van der Waals surface area contributed by atoms with Crippen molar-refractivity contribution in [2.45, 2.75) is 13.3 Å². The van der Waals surface area contributed by atoms with E-state index in [2.05, 4.69) is 5.32 Å². The fourth-order valence-corrected chi connectivity index (χ4v) is 1.71. The molecule has 2 aliphatic heterocycles. The predicted molar refractivity (Wildman–Crippen MR) is 47.8 cm³/mol. The van der Waals surface area contributed by atoms with Crippen molar-refractivity contribution >= 4 is 5.91 Å². The van der Waals surface area contributed by atoms with Crippen molar-refractivity contribution in [2.24, 2.45) is 11.8 Å². The van der Waals surface area contributed by atoms with E-state index in [1.54, 1.807) is 0 Å². The van der Waals surface area contributed by atoms with Crippen LogP contribution in [0.15, 0.2) is 0 Å². The second kappa shape index (κ2) is 3.64. The molecule has 1 amide bonds. The van der Waals surface area contributed by atoms with Gasteiger partial charge in [0.1, 0.15) is 0 Å². The average molecular weight is 184 g/mol. The first-order valence-corrected chi connectivity index (χ1v) is 4.94. The Morgan fingerprint density at radius 1 is 1.62 bits per heavy atom. The Bertz CT molecular complexity index is 198. The maximum atomic E-state index is 11.8. The van der Waals surface area contributed by atoms with Gasteiger partial charge in [-0.25, -0.2) is 5.06 Å². The lowest BCUT2D eigenvalue weighted by Gasteiger charge is -2.33. The Morgan fingerprint density at radius 2 is 2.38 bits per heavy atom. The number of nitrogens with zero attached hydrogens (tertiary/aromatic N) is 1. The van der Waals surface area contributed by atoms with Gasteiger partial charge in [-0.3, -0.25) is 9.63 Å². The summed E-state index contributed by atoms with van der Waals surface area (Å²) in [6.45, 7) is 5.40. The number of nitrogens with one attached hydrogen (secondary N) is 1. The van der Waals surface area contributed by atoms with Gasteiger partial charge in [0.2, 0.25) is 5.91 Å². The third-order valence-corrected chi connectivity index (χ3v) is 2.91. The van der Waals surface area contributed by atoms with Crippen molar-refractivity contribution in [2.75, 3.05) is 26.2 Å². The van der Waals surface area contributed by atoms with E-state index in [1.807, 2.05) is 6.92 Å². The van der Waals surface area contributed by atoms with Gasteiger partial charge in [0.15, 0.2) is 0 Å². The molecule has 2 aliphatic rings. The molecule has 0 saturated carbocycles. The molecular weight excluding hydrogens is 168 g/mol. The summed E-state index contributed by atoms with van der Waals surface area (Å²) in [6, 6.07) is 0. The van der Waals surface area contributed by atoms with Gasteiger partial charge in [-0.05, 0) is 25.4 Å². The minimum atomic E-state index is 0.111. The van der Waals surface area contributed by atoms with Crippen molar-refractivity contribution in [3.8, 4) is 0 Å². The minimum Gasteiger partial charge on any atom is -0.316 e. The van der Waals surface area contributed by atoms with Crippen LogP contribution in [0.1, 0.15) is 13.3 Å². The Hall–Kier alpha value is -0.610.